The quantitative estimate of drug-likeness (QED) is 0.161. The Morgan fingerprint density at radius 2 is 1.33 bits per heavy atom. The minimum Gasteiger partial charge on any atom is -0.399 e. The summed E-state index contributed by atoms with van der Waals surface area (Å²) >= 11 is 0. The first kappa shape index (κ1) is 36.6. The van der Waals surface area contributed by atoms with Crippen LogP contribution in [-0.4, -0.2) is 33.8 Å². The van der Waals surface area contributed by atoms with Gasteiger partial charge in [-0.25, -0.2) is 0 Å². The zero-order chi connectivity index (χ0) is 37.5. The fraction of sp³-hybridized carbons (Fsp3) is 0.200. The molecule has 0 bridgehead atoms. The lowest BCUT2D eigenvalue weighted by atomic mass is 9.97. The third-order valence-electron chi connectivity index (χ3n) is 9.93. The molecule has 2 aliphatic heterocycles. The molecule has 0 unspecified atom stereocenters. The number of nitrogen functional groups attached to an aromatic ring is 1. The van der Waals surface area contributed by atoms with Crippen LogP contribution in [0.1, 0.15) is 49.4 Å². The van der Waals surface area contributed by atoms with Crippen LogP contribution in [0, 0.1) is 0 Å². The number of fused-ring (bicyclic) bond motifs is 2. The van der Waals surface area contributed by atoms with Gasteiger partial charge in [0.2, 0.25) is 0 Å². The maximum atomic E-state index is 13.2. The molecule has 3 heterocycles. The number of pyridine rings is 1. The number of benzene rings is 5. The van der Waals surface area contributed by atoms with Crippen molar-refractivity contribution < 1.29 is 18.0 Å². The van der Waals surface area contributed by atoms with Crippen molar-refractivity contribution in [3.63, 3.8) is 0 Å². The summed E-state index contributed by atoms with van der Waals surface area (Å²) in [5, 5.41) is 2.96. The number of nitrogens with two attached hydrogens (primary N) is 1. The molecule has 0 atom stereocenters. The van der Waals surface area contributed by atoms with Crippen molar-refractivity contribution >= 4 is 17.3 Å². The van der Waals surface area contributed by atoms with Crippen LogP contribution < -0.4 is 11.1 Å². The summed E-state index contributed by atoms with van der Waals surface area (Å²) in [4.78, 5) is 22.4. The lowest BCUT2D eigenvalue weighted by Crippen LogP contribution is -2.30. The molecule has 2 aliphatic rings. The number of carbonyl (C=O) groups is 1. The number of hydrogen-bond donors (Lipinski definition) is 2. The van der Waals surface area contributed by atoms with Gasteiger partial charge in [-0.1, -0.05) is 78.9 Å². The zero-order valence-corrected chi connectivity index (χ0v) is 29.9. The molecule has 6 aromatic rings. The van der Waals surface area contributed by atoms with E-state index in [0.717, 1.165) is 75.6 Å². The Hall–Kier alpha value is -5.77. The van der Waals surface area contributed by atoms with E-state index in [-0.39, 0.29) is 5.91 Å². The minimum atomic E-state index is -4.41. The Morgan fingerprint density at radius 1 is 0.685 bits per heavy atom. The van der Waals surface area contributed by atoms with Crippen LogP contribution in [0.5, 0.6) is 0 Å². The molecule has 0 saturated carbocycles. The Bertz CT molecular complexity index is 2190. The number of halogens is 3. The van der Waals surface area contributed by atoms with E-state index in [2.05, 4.69) is 62.6 Å². The smallest absolute Gasteiger partial charge is 0.399 e. The second kappa shape index (κ2) is 16.5. The van der Waals surface area contributed by atoms with Crippen molar-refractivity contribution in [1.29, 1.82) is 0 Å². The molecule has 274 valence electrons. The zero-order valence-electron chi connectivity index (χ0n) is 29.9. The molecule has 9 heteroatoms. The standard InChI is InChI=1S/C29H24F3N3O.C16H18N2/c30-29(31,32)23-11-8-20(9-12-23)26-6-1-2-7-27(26)28(36)34-24-13-10-22-18-35(16-14-21(22)17-24)19-25-5-3-4-15-33-25;17-16-7-6-15-12-18(9-8-14(15)10-16)11-13-4-2-1-3-5-13/h1-13,15,17H,14,16,18-19H2,(H,34,36);1-7,10H,8-9,11-12,17H2. The second-order valence-corrected chi connectivity index (χ2v) is 13.8. The van der Waals surface area contributed by atoms with Gasteiger partial charge in [0.1, 0.15) is 0 Å². The molecule has 1 aromatic heterocycles. The fourth-order valence-corrected chi connectivity index (χ4v) is 7.12. The molecule has 0 radical (unpaired) electrons. The van der Waals surface area contributed by atoms with Crippen molar-refractivity contribution in [2.45, 2.75) is 45.2 Å². The highest BCUT2D eigenvalue weighted by atomic mass is 19.4. The predicted octanol–water partition coefficient (Wildman–Crippen LogP) is 9.41. The Morgan fingerprint density at radius 3 is 2.04 bits per heavy atom. The van der Waals surface area contributed by atoms with E-state index < -0.39 is 11.7 Å². The normalized spacial score (nSPS) is 14.3. The number of alkyl halides is 3. The first-order chi connectivity index (χ1) is 26.2. The van der Waals surface area contributed by atoms with E-state index in [1.165, 1.54) is 39.9 Å². The Kier molecular flexibility index (Phi) is 11.2. The number of nitrogens with one attached hydrogen (secondary N) is 1. The lowest BCUT2D eigenvalue weighted by molar-refractivity contribution is -0.137. The molecular formula is C45H42F3N5O. The fourth-order valence-electron chi connectivity index (χ4n) is 7.12. The van der Waals surface area contributed by atoms with Gasteiger partial charge >= 0.3 is 6.18 Å². The molecule has 5 aromatic carbocycles. The van der Waals surface area contributed by atoms with Crippen LogP contribution in [0.15, 0.2) is 140 Å². The van der Waals surface area contributed by atoms with Gasteiger partial charge in [0, 0.05) is 62.4 Å². The van der Waals surface area contributed by atoms with Crippen LogP contribution in [0.4, 0.5) is 24.5 Å². The van der Waals surface area contributed by atoms with Gasteiger partial charge in [-0.15, -0.1) is 0 Å². The van der Waals surface area contributed by atoms with Crippen LogP contribution in [0.25, 0.3) is 11.1 Å². The van der Waals surface area contributed by atoms with E-state index >= 15 is 0 Å². The molecule has 8 rings (SSSR count). The average Bonchev–Trinajstić information content (AvgIpc) is 3.19. The van der Waals surface area contributed by atoms with E-state index in [9.17, 15) is 18.0 Å². The van der Waals surface area contributed by atoms with E-state index in [0.29, 0.717) is 22.4 Å². The summed E-state index contributed by atoms with van der Waals surface area (Å²) in [7, 11) is 0. The van der Waals surface area contributed by atoms with Gasteiger partial charge in [0.05, 0.1) is 11.3 Å². The number of amides is 1. The minimum absolute atomic E-state index is 0.307. The number of hydrogen-bond acceptors (Lipinski definition) is 5. The highest BCUT2D eigenvalue weighted by molar-refractivity contribution is 6.08. The number of aromatic nitrogens is 1. The number of rotatable bonds is 7. The summed E-state index contributed by atoms with van der Waals surface area (Å²) in [6.45, 7) is 5.69. The lowest BCUT2D eigenvalue weighted by Gasteiger charge is -2.29. The largest absolute Gasteiger partial charge is 0.416 e. The van der Waals surface area contributed by atoms with Crippen molar-refractivity contribution in [1.82, 2.24) is 14.8 Å². The van der Waals surface area contributed by atoms with Crippen molar-refractivity contribution in [3.05, 3.63) is 184 Å². The van der Waals surface area contributed by atoms with Crippen molar-refractivity contribution in [2.75, 3.05) is 24.1 Å². The second-order valence-electron chi connectivity index (χ2n) is 13.8. The van der Waals surface area contributed by atoms with Crippen LogP contribution in [-0.2, 0) is 45.2 Å². The molecule has 0 saturated heterocycles. The molecule has 0 fully saturated rings. The van der Waals surface area contributed by atoms with E-state index in [4.69, 9.17) is 5.73 Å². The summed E-state index contributed by atoms with van der Waals surface area (Å²) in [6.07, 6.45) is -0.629. The van der Waals surface area contributed by atoms with Crippen LogP contribution in [0.2, 0.25) is 0 Å². The average molecular weight is 726 g/mol. The molecule has 3 N–H and O–H groups in total. The van der Waals surface area contributed by atoms with E-state index in [1.807, 2.05) is 42.5 Å². The molecule has 0 aliphatic carbocycles. The first-order valence-electron chi connectivity index (χ1n) is 18.1. The third kappa shape index (κ3) is 9.23. The summed E-state index contributed by atoms with van der Waals surface area (Å²) < 4.78 is 38.8. The predicted molar refractivity (Wildman–Crippen MR) is 208 cm³/mol. The van der Waals surface area contributed by atoms with Gasteiger partial charge in [-0.3, -0.25) is 19.6 Å². The Balaban J connectivity index is 0.000000208. The topological polar surface area (TPSA) is 74.5 Å². The Labute approximate surface area is 314 Å². The maximum absolute atomic E-state index is 13.2. The van der Waals surface area contributed by atoms with Gasteiger partial charge in [0.25, 0.3) is 5.91 Å². The first-order valence-corrected chi connectivity index (χ1v) is 18.1. The van der Waals surface area contributed by atoms with Gasteiger partial charge < -0.3 is 11.1 Å². The van der Waals surface area contributed by atoms with Crippen molar-refractivity contribution in [2.24, 2.45) is 0 Å². The molecular weight excluding hydrogens is 684 g/mol. The third-order valence-corrected chi connectivity index (χ3v) is 9.93. The molecule has 54 heavy (non-hydrogen) atoms. The van der Waals surface area contributed by atoms with Gasteiger partial charge in [0.15, 0.2) is 0 Å². The van der Waals surface area contributed by atoms with Gasteiger partial charge in [-0.2, -0.15) is 13.2 Å². The number of carbonyl (C=O) groups excluding carboxylic acids is 1. The molecule has 0 spiro atoms. The van der Waals surface area contributed by atoms with E-state index in [1.54, 1.807) is 30.5 Å². The van der Waals surface area contributed by atoms with Crippen molar-refractivity contribution in [3.8, 4) is 11.1 Å². The van der Waals surface area contributed by atoms with Crippen LogP contribution >= 0.6 is 0 Å². The highest BCUT2D eigenvalue weighted by Gasteiger charge is 2.30. The number of anilines is 2. The summed E-state index contributed by atoms with van der Waals surface area (Å²) in [6, 6.07) is 40.6. The summed E-state index contributed by atoms with van der Waals surface area (Å²) in [5.41, 5.74) is 15.9. The molecule has 1 amide bonds. The highest BCUT2D eigenvalue weighted by Crippen LogP contribution is 2.32. The summed E-state index contributed by atoms with van der Waals surface area (Å²) in [5.74, 6) is -0.307. The van der Waals surface area contributed by atoms with Gasteiger partial charge in [-0.05, 0) is 106 Å². The van der Waals surface area contributed by atoms with Crippen LogP contribution in [0.3, 0.4) is 0 Å². The number of nitrogens with zero attached hydrogens (tertiary/aromatic N) is 3. The monoisotopic (exact) mass is 725 g/mol. The molecule has 6 nitrogen and oxygen atoms in total. The SMILES string of the molecule is Nc1ccc2c(c1)CCN(Cc1ccccc1)C2.O=C(Nc1ccc2c(c1)CCN(Cc1ccccn1)C2)c1ccccc1-c1ccc(C(F)(F)F)cc1. The maximum Gasteiger partial charge on any atom is 0.416 e.